The molecule has 4 heteroatoms. The van der Waals surface area contributed by atoms with Crippen molar-refractivity contribution in [1.29, 1.82) is 0 Å². The van der Waals surface area contributed by atoms with Gasteiger partial charge in [0.25, 0.3) is 0 Å². The van der Waals surface area contributed by atoms with Crippen molar-refractivity contribution in [2.75, 3.05) is 12.0 Å². The Morgan fingerprint density at radius 1 is 1.50 bits per heavy atom. The maximum absolute atomic E-state index is 5.73. The van der Waals surface area contributed by atoms with Crippen molar-refractivity contribution in [3.63, 3.8) is 0 Å². The molecule has 0 saturated heterocycles. The standard InChI is InChI=1S/C8H9N3S/c1-12-6-3-2-5(9)7-8(6)11-4-10-7/h2-4H,9H2,1H3,(H,10,11). The topological polar surface area (TPSA) is 54.7 Å². The molecule has 0 aliphatic heterocycles. The number of nitrogen functional groups attached to an aromatic ring is 1. The summed E-state index contributed by atoms with van der Waals surface area (Å²) in [5.74, 6) is 0. The second kappa shape index (κ2) is 2.71. The second-order valence-electron chi connectivity index (χ2n) is 2.48. The van der Waals surface area contributed by atoms with E-state index in [-0.39, 0.29) is 0 Å². The normalized spacial score (nSPS) is 10.8. The summed E-state index contributed by atoms with van der Waals surface area (Å²) in [7, 11) is 0. The summed E-state index contributed by atoms with van der Waals surface area (Å²) in [6.45, 7) is 0. The zero-order valence-corrected chi connectivity index (χ0v) is 7.48. The number of hydrogen-bond donors (Lipinski definition) is 2. The van der Waals surface area contributed by atoms with Crippen LogP contribution in [0, 0.1) is 0 Å². The molecule has 0 fully saturated rings. The lowest BCUT2D eigenvalue weighted by molar-refractivity contribution is 1.33. The van der Waals surface area contributed by atoms with Crippen LogP contribution in [0.25, 0.3) is 11.0 Å². The molecule has 1 heterocycles. The number of nitrogens with two attached hydrogens (primary N) is 1. The Morgan fingerprint density at radius 3 is 3.08 bits per heavy atom. The van der Waals surface area contributed by atoms with E-state index in [1.165, 1.54) is 4.90 Å². The van der Waals surface area contributed by atoms with E-state index in [9.17, 15) is 0 Å². The van der Waals surface area contributed by atoms with Gasteiger partial charge in [-0.3, -0.25) is 0 Å². The molecule has 0 aliphatic carbocycles. The highest BCUT2D eigenvalue weighted by atomic mass is 32.2. The summed E-state index contributed by atoms with van der Waals surface area (Å²) in [5, 5.41) is 0. The number of nitrogens with zero attached hydrogens (tertiary/aromatic N) is 1. The van der Waals surface area contributed by atoms with Crippen LogP contribution in [-0.4, -0.2) is 16.2 Å². The minimum atomic E-state index is 0.726. The zero-order chi connectivity index (χ0) is 8.55. The molecule has 2 aromatic rings. The minimum Gasteiger partial charge on any atom is -0.397 e. The van der Waals surface area contributed by atoms with Crippen LogP contribution < -0.4 is 5.73 Å². The van der Waals surface area contributed by atoms with E-state index in [1.807, 2.05) is 18.4 Å². The number of thioether (sulfide) groups is 1. The van der Waals surface area contributed by atoms with Gasteiger partial charge in [0.05, 0.1) is 17.5 Å². The van der Waals surface area contributed by atoms with Crippen molar-refractivity contribution in [2.45, 2.75) is 4.90 Å². The lowest BCUT2D eigenvalue weighted by Crippen LogP contribution is -1.86. The molecule has 0 aliphatic rings. The zero-order valence-electron chi connectivity index (χ0n) is 6.66. The minimum absolute atomic E-state index is 0.726. The SMILES string of the molecule is CSc1ccc(N)c2nc[nH]c12. The first-order chi connectivity index (χ1) is 5.83. The molecule has 3 N–H and O–H groups in total. The number of rotatable bonds is 1. The van der Waals surface area contributed by atoms with Crippen LogP contribution in [0.5, 0.6) is 0 Å². The fourth-order valence-electron chi connectivity index (χ4n) is 1.20. The van der Waals surface area contributed by atoms with Crippen molar-refractivity contribution in [2.24, 2.45) is 0 Å². The number of fused-ring (bicyclic) bond motifs is 1. The highest BCUT2D eigenvalue weighted by molar-refractivity contribution is 7.98. The fourth-order valence-corrected chi connectivity index (χ4v) is 1.76. The second-order valence-corrected chi connectivity index (χ2v) is 3.33. The molecule has 1 aromatic heterocycles. The Balaban J connectivity index is 2.82. The smallest absolute Gasteiger partial charge is 0.112 e. The largest absolute Gasteiger partial charge is 0.397 e. The first-order valence-corrected chi connectivity index (χ1v) is 4.81. The van der Waals surface area contributed by atoms with Gasteiger partial charge in [-0.2, -0.15) is 0 Å². The fraction of sp³-hybridized carbons (Fsp3) is 0.125. The predicted molar refractivity (Wildman–Crippen MR) is 52.3 cm³/mol. The van der Waals surface area contributed by atoms with E-state index in [4.69, 9.17) is 5.73 Å². The van der Waals surface area contributed by atoms with Crippen LogP contribution in [0.15, 0.2) is 23.4 Å². The summed E-state index contributed by atoms with van der Waals surface area (Å²) in [4.78, 5) is 8.38. The van der Waals surface area contributed by atoms with E-state index in [0.29, 0.717) is 0 Å². The average Bonchev–Trinajstić information content (AvgIpc) is 2.54. The number of H-pyrrole nitrogens is 1. The molecular formula is C8H9N3S. The van der Waals surface area contributed by atoms with Gasteiger partial charge in [0.1, 0.15) is 5.52 Å². The van der Waals surface area contributed by atoms with E-state index >= 15 is 0 Å². The van der Waals surface area contributed by atoms with Crippen molar-refractivity contribution in [1.82, 2.24) is 9.97 Å². The van der Waals surface area contributed by atoms with Crippen LogP contribution in [0.3, 0.4) is 0 Å². The maximum atomic E-state index is 5.73. The molecule has 0 saturated carbocycles. The van der Waals surface area contributed by atoms with Gasteiger partial charge in [0.15, 0.2) is 0 Å². The molecule has 1 aromatic carbocycles. The summed E-state index contributed by atoms with van der Waals surface area (Å²) in [5.41, 5.74) is 8.35. The van der Waals surface area contributed by atoms with Crippen molar-refractivity contribution in [3.05, 3.63) is 18.5 Å². The van der Waals surface area contributed by atoms with Crippen molar-refractivity contribution < 1.29 is 0 Å². The van der Waals surface area contributed by atoms with E-state index in [0.717, 1.165) is 16.7 Å². The van der Waals surface area contributed by atoms with Crippen molar-refractivity contribution in [3.8, 4) is 0 Å². The van der Waals surface area contributed by atoms with E-state index < -0.39 is 0 Å². The first kappa shape index (κ1) is 7.49. The van der Waals surface area contributed by atoms with Gasteiger partial charge in [-0.25, -0.2) is 4.98 Å². The third-order valence-corrected chi connectivity index (χ3v) is 2.57. The summed E-state index contributed by atoms with van der Waals surface area (Å²) in [6, 6.07) is 3.88. The Morgan fingerprint density at radius 2 is 2.33 bits per heavy atom. The number of aromatic nitrogens is 2. The van der Waals surface area contributed by atoms with Crippen LogP contribution in [-0.2, 0) is 0 Å². The number of benzene rings is 1. The monoisotopic (exact) mass is 179 g/mol. The number of imidazole rings is 1. The van der Waals surface area contributed by atoms with Gasteiger partial charge >= 0.3 is 0 Å². The van der Waals surface area contributed by atoms with Crippen LogP contribution in [0.2, 0.25) is 0 Å². The lowest BCUT2D eigenvalue weighted by Gasteiger charge is -1.99. The van der Waals surface area contributed by atoms with E-state index in [1.54, 1.807) is 18.1 Å². The highest BCUT2D eigenvalue weighted by Gasteiger charge is 2.04. The molecular weight excluding hydrogens is 170 g/mol. The van der Waals surface area contributed by atoms with Gasteiger partial charge in [-0.1, -0.05) is 0 Å². The molecule has 12 heavy (non-hydrogen) atoms. The Labute approximate surface area is 74.4 Å². The third-order valence-electron chi connectivity index (χ3n) is 1.79. The lowest BCUT2D eigenvalue weighted by atomic mass is 10.3. The average molecular weight is 179 g/mol. The summed E-state index contributed by atoms with van der Waals surface area (Å²) in [6.07, 6.45) is 3.70. The predicted octanol–water partition coefficient (Wildman–Crippen LogP) is 1.87. The maximum Gasteiger partial charge on any atom is 0.112 e. The van der Waals surface area contributed by atoms with Gasteiger partial charge in [-0.15, -0.1) is 11.8 Å². The van der Waals surface area contributed by atoms with Gasteiger partial charge < -0.3 is 10.7 Å². The molecule has 62 valence electrons. The molecule has 0 atom stereocenters. The van der Waals surface area contributed by atoms with Crippen LogP contribution in [0.1, 0.15) is 0 Å². The molecule has 2 rings (SSSR count). The number of aromatic amines is 1. The van der Waals surface area contributed by atoms with Crippen LogP contribution >= 0.6 is 11.8 Å². The molecule has 0 radical (unpaired) electrons. The molecule has 0 bridgehead atoms. The Hall–Kier alpha value is -1.16. The van der Waals surface area contributed by atoms with Gasteiger partial charge in [0, 0.05) is 4.90 Å². The van der Waals surface area contributed by atoms with Crippen LogP contribution in [0.4, 0.5) is 5.69 Å². The summed E-state index contributed by atoms with van der Waals surface area (Å²) < 4.78 is 0. The summed E-state index contributed by atoms with van der Waals surface area (Å²) >= 11 is 1.68. The molecule has 0 spiro atoms. The van der Waals surface area contributed by atoms with Gasteiger partial charge in [0.2, 0.25) is 0 Å². The number of anilines is 1. The highest BCUT2D eigenvalue weighted by Crippen LogP contribution is 2.27. The number of hydrogen-bond acceptors (Lipinski definition) is 3. The first-order valence-electron chi connectivity index (χ1n) is 3.58. The molecule has 0 unspecified atom stereocenters. The quantitative estimate of drug-likeness (QED) is 0.519. The van der Waals surface area contributed by atoms with E-state index in [2.05, 4.69) is 9.97 Å². The molecule has 3 nitrogen and oxygen atoms in total. The Bertz CT molecular complexity index is 408. The van der Waals surface area contributed by atoms with Gasteiger partial charge in [-0.05, 0) is 18.4 Å². The number of nitrogens with one attached hydrogen (secondary N) is 1. The Kier molecular flexibility index (Phi) is 1.69. The molecule has 0 amide bonds. The third kappa shape index (κ3) is 0.956. The van der Waals surface area contributed by atoms with Crippen molar-refractivity contribution >= 4 is 28.5 Å².